The number of alkyl halides is 1. The number of nitrogens with zero attached hydrogens (tertiary/aromatic N) is 1. The van der Waals surface area contributed by atoms with Crippen molar-refractivity contribution in [3.8, 4) is 5.75 Å². The molecule has 116 valence electrons. The zero-order valence-electron chi connectivity index (χ0n) is 11.2. The molecule has 21 heavy (non-hydrogen) atoms. The normalized spacial score (nSPS) is 24.5. The summed E-state index contributed by atoms with van der Waals surface area (Å²) in [6.07, 6.45) is 1.25. The van der Waals surface area contributed by atoms with Crippen LogP contribution in [0.4, 0.5) is 5.69 Å². The molecular weight excluding hydrogens is 385 g/mol. The minimum Gasteiger partial charge on any atom is -0.481 e. The van der Waals surface area contributed by atoms with Crippen molar-refractivity contribution in [2.75, 3.05) is 6.61 Å². The van der Waals surface area contributed by atoms with Crippen molar-refractivity contribution in [2.45, 2.75) is 36.8 Å². The van der Waals surface area contributed by atoms with Crippen molar-refractivity contribution in [1.82, 2.24) is 0 Å². The first-order chi connectivity index (χ1) is 9.93. The number of nitro benzene ring substituents is 1. The smallest absolute Gasteiger partial charge is 0.312 e. The molecule has 2 rings (SSSR count). The molecule has 0 N–H and O–H groups in total. The molecule has 0 aromatic heterocycles. The monoisotopic (exact) mass is 397 g/mol. The van der Waals surface area contributed by atoms with Gasteiger partial charge in [-0.1, -0.05) is 46.1 Å². The molecule has 0 radical (unpaired) electrons. The number of rotatable bonds is 6. The highest BCUT2D eigenvalue weighted by Gasteiger charge is 2.43. The van der Waals surface area contributed by atoms with Crippen molar-refractivity contribution in [3.63, 3.8) is 0 Å². The summed E-state index contributed by atoms with van der Waals surface area (Å²) in [6.45, 7) is 2.64. The van der Waals surface area contributed by atoms with Gasteiger partial charge < -0.3 is 9.47 Å². The predicted octanol–water partition coefficient (Wildman–Crippen LogP) is 4.61. The van der Waals surface area contributed by atoms with Gasteiger partial charge in [0.2, 0.25) is 0 Å². The third-order valence-corrected chi connectivity index (χ3v) is 4.79. The van der Waals surface area contributed by atoms with E-state index in [9.17, 15) is 10.1 Å². The second-order valence-corrected chi connectivity index (χ2v) is 6.73. The molecule has 1 aliphatic carbocycles. The lowest BCUT2D eigenvalue weighted by molar-refractivity contribution is -0.386. The van der Waals surface area contributed by atoms with E-state index in [4.69, 9.17) is 32.7 Å². The molecule has 1 saturated carbocycles. The third kappa shape index (κ3) is 3.80. The highest BCUT2D eigenvalue weighted by Crippen LogP contribution is 2.40. The zero-order chi connectivity index (χ0) is 15.6. The molecule has 3 atom stereocenters. The van der Waals surface area contributed by atoms with Crippen molar-refractivity contribution in [2.24, 2.45) is 0 Å². The van der Waals surface area contributed by atoms with Crippen molar-refractivity contribution in [1.29, 1.82) is 0 Å². The number of nitro groups is 1. The van der Waals surface area contributed by atoms with Crippen LogP contribution in [0, 0.1) is 10.1 Å². The Morgan fingerprint density at radius 1 is 1.43 bits per heavy atom. The van der Waals surface area contributed by atoms with Gasteiger partial charge in [-0.15, -0.1) is 0 Å². The lowest BCUT2D eigenvalue weighted by Gasteiger charge is -2.40. The Labute approximate surface area is 140 Å². The Bertz CT molecular complexity index is 543. The summed E-state index contributed by atoms with van der Waals surface area (Å²) >= 11 is 15.2. The van der Waals surface area contributed by atoms with Gasteiger partial charge in [-0.25, -0.2) is 0 Å². The van der Waals surface area contributed by atoms with Crippen LogP contribution in [-0.4, -0.2) is 28.6 Å². The highest BCUT2D eigenvalue weighted by molar-refractivity contribution is 9.09. The summed E-state index contributed by atoms with van der Waals surface area (Å²) < 4.78 is 11.4. The fraction of sp³-hybridized carbons (Fsp3) is 0.538. The van der Waals surface area contributed by atoms with Gasteiger partial charge in [0.15, 0.2) is 5.75 Å². The zero-order valence-corrected chi connectivity index (χ0v) is 14.3. The van der Waals surface area contributed by atoms with Crippen LogP contribution in [0.15, 0.2) is 12.1 Å². The van der Waals surface area contributed by atoms with Crippen LogP contribution >= 0.6 is 39.1 Å². The van der Waals surface area contributed by atoms with Crippen LogP contribution in [0.5, 0.6) is 5.75 Å². The molecule has 1 aromatic rings. The first-order valence-electron chi connectivity index (χ1n) is 6.49. The molecule has 1 aliphatic rings. The Morgan fingerprint density at radius 3 is 2.67 bits per heavy atom. The highest BCUT2D eigenvalue weighted by atomic mass is 79.9. The van der Waals surface area contributed by atoms with E-state index in [0.29, 0.717) is 13.0 Å². The fourth-order valence-electron chi connectivity index (χ4n) is 2.03. The standard InChI is InChI=1S/C13H14BrCl2NO4/c1-2-3-20-13-7(14)4-12(13)21-11-6-9(16)8(15)5-10(11)17(18)19/h5-7,12-13H,2-4H2,1H3. The van der Waals surface area contributed by atoms with Gasteiger partial charge in [0.25, 0.3) is 0 Å². The van der Waals surface area contributed by atoms with Crippen molar-refractivity contribution < 1.29 is 14.4 Å². The Balaban J connectivity index is 2.15. The van der Waals surface area contributed by atoms with E-state index in [1.54, 1.807) is 0 Å². The van der Waals surface area contributed by atoms with Crippen LogP contribution in [-0.2, 0) is 4.74 Å². The Kier molecular flexibility index (Phi) is 5.71. The van der Waals surface area contributed by atoms with Gasteiger partial charge in [0, 0.05) is 30.0 Å². The topological polar surface area (TPSA) is 61.6 Å². The van der Waals surface area contributed by atoms with Crippen LogP contribution in [0.2, 0.25) is 10.0 Å². The summed E-state index contributed by atoms with van der Waals surface area (Å²) in [5.74, 6) is 0.115. The quantitative estimate of drug-likeness (QED) is 0.398. The molecule has 3 unspecified atom stereocenters. The Morgan fingerprint density at radius 2 is 2.10 bits per heavy atom. The molecule has 0 amide bonds. The van der Waals surface area contributed by atoms with E-state index in [2.05, 4.69) is 15.9 Å². The van der Waals surface area contributed by atoms with Gasteiger partial charge in [-0.3, -0.25) is 10.1 Å². The molecule has 0 spiro atoms. The summed E-state index contributed by atoms with van der Waals surface area (Å²) in [6, 6.07) is 2.58. The second-order valence-electron chi connectivity index (χ2n) is 4.73. The molecule has 8 heteroatoms. The molecule has 0 saturated heterocycles. The van der Waals surface area contributed by atoms with Gasteiger partial charge in [-0.05, 0) is 6.42 Å². The van der Waals surface area contributed by atoms with E-state index < -0.39 is 4.92 Å². The van der Waals surface area contributed by atoms with Gasteiger partial charge in [0.1, 0.15) is 12.2 Å². The minimum atomic E-state index is -0.538. The van der Waals surface area contributed by atoms with Crippen LogP contribution in [0.3, 0.4) is 0 Å². The van der Waals surface area contributed by atoms with Gasteiger partial charge in [0.05, 0.1) is 15.0 Å². The molecule has 0 heterocycles. The second kappa shape index (κ2) is 7.13. The fourth-order valence-corrected chi connectivity index (χ4v) is 3.20. The van der Waals surface area contributed by atoms with Gasteiger partial charge in [-0.2, -0.15) is 0 Å². The Hall–Kier alpha value is -0.560. The van der Waals surface area contributed by atoms with Gasteiger partial charge >= 0.3 is 5.69 Å². The molecule has 0 aliphatic heterocycles. The van der Waals surface area contributed by atoms with Crippen LogP contribution < -0.4 is 4.74 Å². The first-order valence-corrected chi connectivity index (χ1v) is 8.17. The van der Waals surface area contributed by atoms with Crippen LogP contribution in [0.25, 0.3) is 0 Å². The number of hydrogen-bond acceptors (Lipinski definition) is 4. The maximum atomic E-state index is 11.1. The van der Waals surface area contributed by atoms with E-state index in [-0.39, 0.29) is 38.5 Å². The number of hydrogen-bond donors (Lipinski definition) is 0. The molecule has 1 fully saturated rings. The van der Waals surface area contributed by atoms with Crippen LogP contribution in [0.1, 0.15) is 19.8 Å². The number of ether oxygens (including phenoxy) is 2. The van der Waals surface area contributed by atoms with Crippen molar-refractivity contribution >= 4 is 44.8 Å². The summed E-state index contributed by atoms with van der Waals surface area (Å²) in [7, 11) is 0. The summed E-state index contributed by atoms with van der Waals surface area (Å²) in [5.41, 5.74) is -0.198. The number of benzene rings is 1. The molecule has 5 nitrogen and oxygen atoms in total. The maximum Gasteiger partial charge on any atom is 0.312 e. The van der Waals surface area contributed by atoms with E-state index in [1.165, 1.54) is 12.1 Å². The van der Waals surface area contributed by atoms with E-state index >= 15 is 0 Å². The third-order valence-electron chi connectivity index (χ3n) is 3.17. The lowest BCUT2D eigenvalue weighted by Crippen LogP contribution is -2.52. The minimum absolute atomic E-state index is 0.115. The average molecular weight is 399 g/mol. The van der Waals surface area contributed by atoms with Crippen molar-refractivity contribution in [3.05, 3.63) is 32.3 Å². The SMILES string of the molecule is CCCOC1C(Br)CC1Oc1cc(Cl)c(Cl)cc1[N+](=O)[O-]. The molecule has 1 aromatic carbocycles. The summed E-state index contributed by atoms with van der Waals surface area (Å²) in [4.78, 5) is 10.7. The predicted molar refractivity (Wildman–Crippen MR) is 84.9 cm³/mol. The molecular formula is C13H14BrCl2NO4. The van der Waals surface area contributed by atoms with E-state index in [1.807, 2.05) is 6.92 Å². The average Bonchev–Trinajstić information content (AvgIpc) is 2.42. The largest absolute Gasteiger partial charge is 0.481 e. The summed E-state index contributed by atoms with van der Waals surface area (Å²) in [5, 5.41) is 11.4. The van der Waals surface area contributed by atoms with E-state index in [0.717, 1.165) is 6.42 Å². The number of halogens is 3. The first kappa shape index (κ1) is 16.8. The molecule has 0 bridgehead atoms. The lowest BCUT2D eigenvalue weighted by atomic mass is 9.91. The maximum absolute atomic E-state index is 11.1.